The normalized spacial score (nSPS) is 18.2. The molecule has 0 fully saturated rings. The number of hydrogen-bond donors (Lipinski definition) is 0. The minimum Gasteiger partial charge on any atom is -0.456 e. The summed E-state index contributed by atoms with van der Waals surface area (Å²) in [6.07, 6.45) is 20.1. The van der Waals surface area contributed by atoms with Gasteiger partial charge in [-0.3, -0.25) is 4.99 Å². The van der Waals surface area contributed by atoms with Crippen LogP contribution in [-0.2, 0) is 5.41 Å². The molecule has 0 N–H and O–H groups in total. The first kappa shape index (κ1) is 36.7. The van der Waals surface area contributed by atoms with E-state index in [-0.39, 0.29) is 10.8 Å². The van der Waals surface area contributed by atoms with Gasteiger partial charge in [-0.1, -0.05) is 167 Å². The monoisotopic (exact) mass is 727 g/mol. The van der Waals surface area contributed by atoms with E-state index in [1.165, 1.54) is 44.5 Å². The Bertz CT molecular complexity index is 2800. The molecule has 1 unspecified atom stereocenters. The molecule has 2 aliphatic rings. The number of allylic oxidation sites excluding steroid dienone is 7. The Morgan fingerprint density at radius 3 is 2.30 bits per heavy atom. The van der Waals surface area contributed by atoms with E-state index in [1.807, 2.05) is 6.07 Å². The van der Waals surface area contributed by atoms with E-state index >= 15 is 0 Å². The molecular formula is C54H49NO. The highest BCUT2D eigenvalue weighted by Gasteiger charge is 2.37. The average Bonchev–Trinajstić information content (AvgIpc) is 3.68. The lowest BCUT2D eigenvalue weighted by molar-refractivity contribution is 0.514. The summed E-state index contributed by atoms with van der Waals surface area (Å²) >= 11 is 0. The van der Waals surface area contributed by atoms with Crippen molar-refractivity contribution in [2.45, 2.75) is 53.4 Å². The van der Waals surface area contributed by atoms with E-state index in [1.54, 1.807) is 0 Å². The standard InChI is InChI=1S/C54H49NO/c1-8-42-44-30-29-41(48(34-37(3)39-20-11-9-12-21-39)55-38(4)54(7)32-17-10-18-33-54)35-50(44)56-49(42)27-19-23-40-22-13-14-24-43(40)51-36(2)28-31-47-52(51)45-25-15-16-26-46(45)53(47,5)6/h8-32,34-35H,4,33H2,1-3,5-7H3/b23-19-,37-34+,42-8+,49-27+,55-48+. The quantitative estimate of drug-likeness (QED) is 0.143. The Morgan fingerprint density at radius 1 is 0.786 bits per heavy atom. The maximum Gasteiger partial charge on any atom is 0.136 e. The first-order valence-electron chi connectivity index (χ1n) is 19.7. The van der Waals surface area contributed by atoms with Crippen LogP contribution < -0.4 is 10.6 Å². The van der Waals surface area contributed by atoms with E-state index < -0.39 is 0 Å². The van der Waals surface area contributed by atoms with Crippen molar-refractivity contribution in [1.29, 1.82) is 0 Å². The summed E-state index contributed by atoms with van der Waals surface area (Å²) in [6, 6.07) is 39.1. The third-order valence-electron chi connectivity index (χ3n) is 11.8. The van der Waals surface area contributed by atoms with Gasteiger partial charge < -0.3 is 4.42 Å². The van der Waals surface area contributed by atoms with Crippen molar-refractivity contribution in [3.05, 3.63) is 202 Å². The molecule has 1 heterocycles. The van der Waals surface area contributed by atoms with Crippen LogP contribution in [0.4, 0.5) is 0 Å². The molecule has 0 amide bonds. The summed E-state index contributed by atoms with van der Waals surface area (Å²) in [6.45, 7) is 17.8. The summed E-state index contributed by atoms with van der Waals surface area (Å²) < 4.78 is 6.65. The van der Waals surface area contributed by atoms with E-state index in [2.05, 4.69) is 206 Å². The molecule has 2 aliphatic carbocycles. The van der Waals surface area contributed by atoms with Crippen LogP contribution in [0.25, 0.3) is 57.0 Å². The number of hydrogen-bond acceptors (Lipinski definition) is 2. The number of benzene rings is 5. The number of furan rings is 1. The van der Waals surface area contributed by atoms with Crippen molar-refractivity contribution >= 4 is 40.5 Å². The van der Waals surface area contributed by atoms with Gasteiger partial charge in [0, 0.05) is 32.7 Å². The largest absolute Gasteiger partial charge is 0.456 e. The van der Waals surface area contributed by atoms with Crippen molar-refractivity contribution in [3.63, 3.8) is 0 Å². The van der Waals surface area contributed by atoms with Crippen LogP contribution in [0.5, 0.6) is 0 Å². The molecule has 2 heteroatoms. The second kappa shape index (κ2) is 14.8. The second-order valence-corrected chi connectivity index (χ2v) is 15.9. The van der Waals surface area contributed by atoms with Crippen LogP contribution in [0.3, 0.4) is 0 Å². The number of rotatable bonds is 8. The molecule has 56 heavy (non-hydrogen) atoms. The Labute approximate surface area is 331 Å². The Hall–Kier alpha value is -6.25. The predicted molar refractivity (Wildman–Crippen MR) is 240 cm³/mol. The van der Waals surface area contributed by atoms with Gasteiger partial charge in [-0.05, 0) is 107 Å². The minimum absolute atomic E-state index is 0.0543. The molecule has 2 nitrogen and oxygen atoms in total. The molecular weight excluding hydrogens is 679 g/mol. The summed E-state index contributed by atoms with van der Waals surface area (Å²) in [7, 11) is 0. The van der Waals surface area contributed by atoms with Crippen LogP contribution in [0, 0.1) is 12.3 Å². The van der Waals surface area contributed by atoms with Gasteiger partial charge in [-0.15, -0.1) is 0 Å². The summed E-state index contributed by atoms with van der Waals surface area (Å²) in [4.78, 5) is 5.22. The van der Waals surface area contributed by atoms with Crippen LogP contribution in [0.15, 0.2) is 167 Å². The lowest BCUT2D eigenvalue weighted by Gasteiger charge is -2.26. The van der Waals surface area contributed by atoms with Gasteiger partial charge in [0.05, 0.1) is 5.71 Å². The smallest absolute Gasteiger partial charge is 0.136 e. The van der Waals surface area contributed by atoms with Crippen LogP contribution in [-0.4, -0.2) is 5.71 Å². The zero-order valence-electron chi connectivity index (χ0n) is 33.4. The van der Waals surface area contributed by atoms with E-state index in [0.29, 0.717) is 0 Å². The van der Waals surface area contributed by atoms with E-state index in [9.17, 15) is 0 Å². The second-order valence-electron chi connectivity index (χ2n) is 15.9. The number of nitrogens with zero attached hydrogens (tertiary/aromatic N) is 1. The third kappa shape index (κ3) is 6.60. The highest BCUT2D eigenvalue weighted by molar-refractivity contribution is 6.13. The molecule has 0 bridgehead atoms. The lowest BCUT2D eigenvalue weighted by atomic mass is 9.81. The summed E-state index contributed by atoms with van der Waals surface area (Å²) in [5.74, 6) is 0. The zero-order valence-corrected chi connectivity index (χ0v) is 33.4. The van der Waals surface area contributed by atoms with Crippen molar-refractivity contribution in [3.8, 4) is 22.3 Å². The van der Waals surface area contributed by atoms with E-state index in [0.717, 1.165) is 56.1 Å². The van der Waals surface area contributed by atoms with Gasteiger partial charge in [-0.2, -0.15) is 0 Å². The molecule has 0 spiro atoms. The lowest BCUT2D eigenvalue weighted by Crippen LogP contribution is -2.18. The number of aliphatic imine (C=N–C) groups is 1. The van der Waals surface area contributed by atoms with Gasteiger partial charge >= 0.3 is 0 Å². The fourth-order valence-corrected chi connectivity index (χ4v) is 8.46. The van der Waals surface area contributed by atoms with Gasteiger partial charge in [0.2, 0.25) is 0 Å². The molecule has 0 radical (unpaired) electrons. The van der Waals surface area contributed by atoms with Crippen LogP contribution in [0.2, 0.25) is 0 Å². The highest BCUT2D eigenvalue weighted by atomic mass is 16.3. The topological polar surface area (TPSA) is 25.5 Å². The van der Waals surface area contributed by atoms with Crippen molar-refractivity contribution in [2.24, 2.45) is 10.4 Å². The van der Waals surface area contributed by atoms with Gasteiger partial charge in [0.25, 0.3) is 0 Å². The van der Waals surface area contributed by atoms with Crippen LogP contribution in [0.1, 0.15) is 74.4 Å². The third-order valence-corrected chi connectivity index (χ3v) is 11.8. The Morgan fingerprint density at radius 2 is 1.54 bits per heavy atom. The Balaban J connectivity index is 1.19. The number of fused-ring (bicyclic) bond motifs is 4. The van der Waals surface area contributed by atoms with Gasteiger partial charge in [0.1, 0.15) is 11.0 Å². The first-order chi connectivity index (χ1) is 27.1. The molecule has 0 saturated heterocycles. The fourth-order valence-electron chi connectivity index (χ4n) is 8.46. The highest BCUT2D eigenvalue weighted by Crippen LogP contribution is 2.53. The van der Waals surface area contributed by atoms with Crippen molar-refractivity contribution < 1.29 is 4.42 Å². The molecule has 0 saturated carbocycles. The molecule has 276 valence electrons. The molecule has 0 aliphatic heterocycles. The van der Waals surface area contributed by atoms with Gasteiger partial charge in [0.15, 0.2) is 0 Å². The molecule has 1 aromatic heterocycles. The first-order valence-corrected chi connectivity index (χ1v) is 19.7. The molecule has 5 aromatic carbocycles. The average molecular weight is 728 g/mol. The van der Waals surface area contributed by atoms with E-state index in [4.69, 9.17) is 9.41 Å². The fraction of sp³-hybridized carbons (Fsp3) is 0.167. The Kier molecular flexibility index (Phi) is 9.68. The molecule has 6 aromatic rings. The van der Waals surface area contributed by atoms with Crippen molar-refractivity contribution in [1.82, 2.24) is 0 Å². The maximum absolute atomic E-state index is 6.65. The zero-order chi connectivity index (χ0) is 39.0. The summed E-state index contributed by atoms with van der Waals surface area (Å²) in [5.41, 5.74) is 16.7. The van der Waals surface area contributed by atoms with Gasteiger partial charge in [-0.25, -0.2) is 0 Å². The molecule has 8 rings (SSSR count). The maximum atomic E-state index is 6.65. The SMILES string of the molecule is C=C(/N=C(\C=C(/C)c1ccccc1)c1ccc2c(=C\C)/c(=C\C=C/c3ccccc3-c3c(C)ccc4c3-c3ccccc3C4(C)C)oc2c1)C1(C)C=CC=CC1. The van der Waals surface area contributed by atoms with Crippen molar-refractivity contribution in [2.75, 3.05) is 0 Å². The van der Waals surface area contributed by atoms with Crippen LogP contribution >= 0.6 is 0 Å². The predicted octanol–water partition coefficient (Wildman–Crippen LogP) is 12.9. The summed E-state index contributed by atoms with van der Waals surface area (Å²) in [5, 5.41) is 2.15. The molecule has 1 atom stereocenters. The minimum atomic E-state index is -0.249. The number of aryl methyl sites for hydroxylation is 1.